The Hall–Kier alpha value is -1.21. The summed E-state index contributed by atoms with van der Waals surface area (Å²) >= 11 is 0. The summed E-state index contributed by atoms with van der Waals surface area (Å²) in [5.41, 5.74) is 1.45. The van der Waals surface area contributed by atoms with E-state index < -0.39 is 0 Å². The van der Waals surface area contributed by atoms with Crippen LogP contribution in [0.15, 0.2) is 16.9 Å². The van der Waals surface area contributed by atoms with Gasteiger partial charge in [0.05, 0.1) is 52.9 Å². The number of aromatic amines is 1. The third-order valence-electron chi connectivity index (χ3n) is 2.59. The Bertz CT molecular complexity index is 396. The van der Waals surface area contributed by atoms with Crippen molar-refractivity contribution >= 4 is 0 Å². The summed E-state index contributed by atoms with van der Waals surface area (Å²) in [5.74, 6) is 0. The van der Waals surface area contributed by atoms with E-state index in [9.17, 15) is 4.79 Å². The van der Waals surface area contributed by atoms with Crippen molar-refractivity contribution in [2.45, 2.75) is 13.2 Å². The molecule has 2 bridgehead atoms. The van der Waals surface area contributed by atoms with Gasteiger partial charge >= 0.3 is 0 Å². The zero-order chi connectivity index (χ0) is 13.3. The number of rotatable bonds is 0. The highest BCUT2D eigenvalue weighted by Gasteiger charge is 2.02. The third-order valence-corrected chi connectivity index (χ3v) is 2.59. The fraction of sp³-hybridized carbons (Fsp3) is 0.615. The lowest BCUT2D eigenvalue weighted by Gasteiger charge is -2.07. The van der Waals surface area contributed by atoms with Crippen molar-refractivity contribution in [3.8, 4) is 0 Å². The minimum absolute atomic E-state index is 0.0484. The summed E-state index contributed by atoms with van der Waals surface area (Å²) in [7, 11) is 0. The van der Waals surface area contributed by atoms with Crippen molar-refractivity contribution in [2.24, 2.45) is 0 Å². The number of aromatic nitrogens is 1. The molecule has 2 rings (SSSR count). The fourth-order valence-corrected chi connectivity index (χ4v) is 1.74. The van der Waals surface area contributed by atoms with Crippen LogP contribution >= 0.6 is 0 Å². The van der Waals surface area contributed by atoms with Crippen LogP contribution in [0.5, 0.6) is 0 Å². The predicted octanol–water partition coefficient (Wildman–Crippen LogP) is 0.455. The molecule has 0 saturated heterocycles. The maximum absolute atomic E-state index is 11.5. The Morgan fingerprint density at radius 2 is 1.16 bits per heavy atom. The Morgan fingerprint density at radius 1 is 0.737 bits per heavy atom. The summed E-state index contributed by atoms with van der Waals surface area (Å²) in [5, 5.41) is 0. The molecule has 0 unspecified atom stereocenters. The minimum Gasteiger partial charge on any atom is -0.377 e. The molecular weight excluding hydrogens is 250 g/mol. The summed E-state index contributed by atoms with van der Waals surface area (Å²) in [4.78, 5) is 14.6. The number of nitrogens with one attached hydrogen (secondary N) is 1. The van der Waals surface area contributed by atoms with Gasteiger partial charge in [0.25, 0.3) is 0 Å². The summed E-state index contributed by atoms with van der Waals surface area (Å²) < 4.78 is 21.5. The van der Waals surface area contributed by atoms with Gasteiger partial charge < -0.3 is 23.9 Å². The number of hydrogen-bond donors (Lipinski definition) is 1. The van der Waals surface area contributed by atoms with Crippen LogP contribution < -0.4 is 5.43 Å². The van der Waals surface area contributed by atoms with E-state index in [2.05, 4.69) is 4.98 Å². The van der Waals surface area contributed by atoms with Gasteiger partial charge in [-0.2, -0.15) is 0 Å². The molecular formula is C13H19NO5. The summed E-state index contributed by atoms with van der Waals surface area (Å²) in [6, 6.07) is 3.07. The van der Waals surface area contributed by atoms with Crippen LogP contribution in [-0.2, 0) is 32.2 Å². The number of ether oxygens (including phenoxy) is 4. The first-order valence-electron chi connectivity index (χ1n) is 6.38. The Balaban J connectivity index is 1.96. The molecule has 0 amide bonds. The van der Waals surface area contributed by atoms with Gasteiger partial charge in [-0.3, -0.25) is 4.79 Å². The van der Waals surface area contributed by atoms with Crippen LogP contribution in [0, 0.1) is 0 Å². The first kappa shape index (κ1) is 14.2. The molecule has 6 heteroatoms. The van der Waals surface area contributed by atoms with Crippen LogP contribution in [0.3, 0.4) is 0 Å². The van der Waals surface area contributed by atoms with Crippen molar-refractivity contribution in [3.05, 3.63) is 33.7 Å². The zero-order valence-electron chi connectivity index (χ0n) is 10.9. The van der Waals surface area contributed by atoms with E-state index in [1.54, 1.807) is 0 Å². The van der Waals surface area contributed by atoms with E-state index in [4.69, 9.17) is 18.9 Å². The van der Waals surface area contributed by atoms with Gasteiger partial charge in [-0.1, -0.05) is 0 Å². The normalized spacial score (nSPS) is 19.4. The minimum atomic E-state index is -0.0484. The molecule has 0 aromatic carbocycles. The fourth-order valence-electron chi connectivity index (χ4n) is 1.74. The van der Waals surface area contributed by atoms with E-state index in [1.165, 1.54) is 12.1 Å². The van der Waals surface area contributed by atoms with Gasteiger partial charge in [-0.15, -0.1) is 0 Å². The van der Waals surface area contributed by atoms with Crippen molar-refractivity contribution in [2.75, 3.05) is 39.6 Å². The Kier molecular flexibility index (Phi) is 6.03. The molecule has 6 nitrogen and oxygen atoms in total. The highest BCUT2D eigenvalue weighted by Crippen LogP contribution is 2.00. The van der Waals surface area contributed by atoms with Gasteiger partial charge in [0.2, 0.25) is 0 Å². The third kappa shape index (κ3) is 5.52. The smallest absolute Gasteiger partial charge is 0.182 e. The second kappa shape index (κ2) is 8.06. The second-order valence-electron chi connectivity index (χ2n) is 4.20. The molecule has 1 aromatic heterocycles. The maximum Gasteiger partial charge on any atom is 0.182 e. The largest absolute Gasteiger partial charge is 0.377 e. The maximum atomic E-state index is 11.5. The average Bonchev–Trinajstić information content (AvgIpc) is 2.39. The lowest BCUT2D eigenvalue weighted by molar-refractivity contribution is -0.00523. The number of hydrogen-bond acceptors (Lipinski definition) is 5. The average molecular weight is 269 g/mol. The molecule has 1 aliphatic rings. The first-order valence-corrected chi connectivity index (χ1v) is 6.38. The summed E-state index contributed by atoms with van der Waals surface area (Å²) in [6.07, 6.45) is 0. The lowest BCUT2D eigenvalue weighted by Crippen LogP contribution is -2.11. The second-order valence-corrected chi connectivity index (χ2v) is 4.20. The molecule has 2 heterocycles. The molecule has 19 heavy (non-hydrogen) atoms. The van der Waals surface area contributed by atoms with E-state index >= 15 is 0 Å². The summed E-state index contributed by atoms with van der Waals surface area (Å²) in [6.45, 7) is 3.84. The molecule has 1 N–H and O–H groups in total. The number of pyridine rings is 1. The molecule has 0 atom stereocenters. The van der Waals surface area contributed by atoms with Gasteiger partial charge in [0.1, 0.15) is 0 Å². The lowest BCUT2D eigenvalue weighted by atomic mass is 10.3. The van der Waals surface area contributed by atoms with Crippen molar-refractivity contribution in [3.63, 3.8) is 0 Å². The quantitative estimate of drug-likeness (QED) is 0.740. The highest BCUT2D eigenvalue weighted by molar-refractivity contribution is 5.10. The number of fused-ring (bicyclic) bond motifs is 2. The van der Waals surface area contributed by atoms with Gasteiger partial charge in [0, 0.05) is 23.5 Å². The molecule has 0 aliphatic carbocycles. The Morgan fingerprint density at radius 3 is 1.63 bits per heavy atom. The van der Waals surface area contributed by atoms with Crippen molar-refractivity contribution in [1.82, 2.24) is 4.98 Å². The molecule has 0 saturated carbocycles. The molecule has 1 aliphatic heterocycles. The monoisotopic (exact) mass is 269 g/mol. The van der Waals surface area contributed by atoms with Crippen LogP contribution in [0.2, 0.25) is 0 Å². The Labute approximate surface area is 111 Å². The highest BCUT2D eigenvalue weighted by atomic mass is 16.6. The first-order chi connectivity index (χ1) is 9.34. The standard InChI is InChI=1S/C13H19NO5/c15-13-7-11-9-18-5-3-16-1-2-17-4-6-19-10-12(8-13)14-11/h7-8H,1-6,9-10H2,(H,14,15). The SMILES string of the molecule is O=c1cc2[nH]c(c1)COCCOCCOCCOC2. The van der Waals surface area contributed by atoms with Crippen LogP contribution in [0.1, 0.15) is 11.4 Å². The molecule has 1 aromatic rings. The zero-order valence-corrected chi connectivity index (χ0v) is 10.9. The van der Waals surface area contributed by atoms with Crippen LogP contribution in [0.4, 0.5) is 0 Å². The van der Waals surface area contributed by atoms with Crippen molar-refractivity contribution in [1.29, 1.82) is 0 Å². The molecule has 0 fully saturated rings. The van der Waals surface area contributed by atoms with Gasteiger partial charge in [-0.05, 0) is 0 Å². The molecule has 0 spiro atoms. The van der Waals surface area contributed by atoms with E-state index in [0.717, 1.165) is 11.4 Å². The van der Waals surface area contributed by atoms with Crippen LogP contribution in [0.25, 0.3) is 0 Å². The van der Waals surface area contributed by atoms with Gasteiger partial charge in [0.15, 0.2) is 5.43 Å². The predicted molar refractivity (Wildman–Crippen MR) is 68.0 cm³/mol. The van der Waals surface area contributed by atoms with Crippen LogP contribution in [-0.4, -0.2) is 44.6 Å². The van der Waals surface area contributed by atoms with E-state index in [-0.39, 0.29) is 5.43 Å². The van der Waals surface area contributed by atoms with Crippen molar-refractivity contribution < 1.29 is 18.9 Å². The van der Waals surface area contributed by atoms with E-state index in [0.29, 0.717) is 52.9 Å². The van der Waals surface area contributed by atoms with E-state index in [1.807, 2.05) is 0 Å². The molecule has 106 valence electrons. The molecule has 0 radical (unpaired) electrons. The number of H-pyrrole nitrogens is 1. The van der Waals surface area contributed by atoms with Gasteiger partial charge in [-0.25, -0.2) is 0 Å². The topological polar surface area (TPSA) is 69.8 Å².